The topological polar surface area (TPSA) is 95.4 Å². The lowest BCUT2D eigenvalue weighted by atomic mass is 9.99. The molecule has 0 radical (unpaired) electrons. The summed E-state index contributed by atoms with van der Waals surface area (Å²) in [5.74, 6) is 0.551. The third kappa shape index (κ3) is 8.23. The van der Waals surface area contributed by atoms with E-state index < -0.39 is 11.7 Å². The van der Waals surface area contributed by atoms with E-state index in [1.807, 2.05) is 24.8 Å². The number of fused-ring (bicyclic) bond motifs is 1. The van der Waals surface area contributed by atoms with Crippen LogP contribution < -0.4 is 16.2 Å². The Bertz CT molecular complexity index is 1510. The van der Waals surface area contributed by atoms with Gasteiger partial charge in [-0.05, 0) is 55.1 Å². The molecular formula is C32H42F3N7O2. The number of halogens is 3. The number of carbonyl (C=O) groups excluding carboxylic acids is 1. The maximum Gasteiger partial charge on any atom is 0.416 e. The Labute approximate surface area is 256 Å². The molecule has 0 bridgehead atoms. The smallest absolute Gasteiger partial charge is 0.365 e. The highest BCUT2D eigenvalue weighted by Crippen LogP contribution is 2.30. The molecule has 0 unspecified atom stereocenters. The van der Waals surface area contributed by atoms with Gasteiger partial charge in [-0.2, -0.15) is 13.2 Å². The zero-order valence-electron chi connectivity index (χ0n) is 25.7. The quantitative estimate of drug-likeness (QED) is 0.339. The summed E-state index contributed by atoms with van der Waals surface area (Å²) < 4.78 is 40.9. The van der Waals surface area contributed by atoms with Crippen LogP contribution in [0.4, 0.5) is 19.0 Å². The summed E-state index contributed by atoms with van der Waals surface area (Å²) in [6.07, 6.45) is 1.76. The number of benzene rings is 1. The number of rotatable bonds is 9. The van der Waals surface area contributed by atoms with Crippen LogP contribution in [-0.2, 0) is 24.6 Å². The molecule has 1 amide bonds. The van der Waals surface area contributed by atoms with E-state index in [1.165, 1.54) is 17.0 Å². The molecule has 2 aliphatic rings. The molecule has 2 aliphatic heterocycles. The molecule has 9 nitrogen and oxygen atoms in total. The van der Waals surface area contributed by atoms with E-state index in [2.05, 4.69) is 25.5 Å². The normalized spacial score (nSPS) is 15.9. The van der Waals surface area contributed by atoms with Crippen molar-refractivity contribution in [2.24, 2.45) is 7.05 Å². The van der Waals surface area contributed by atoms with Crippen LogP contribution in [0.2, 0.25) is 0 Å². The second kappa shape index (κ2) is 15.3. The molecule has 5 rings (SSSR count). The van der Waals surface area contributed by atoms with Crippen molar-refractivity contribution in [3.8, 4) is 0 Å². The molecule has 4 heterocycles. The van der Waals surface area contributed by atoms with Gasteiger partial charge >= 0.3 is 6.18 Å². The molecule has 3 aromatic rings. The Morgan fingerprint density at radius 2 is 1.84 bits per heavy atom. The van der Waals surface area contributed by atoms with Crippen molar-refractivity contribution < 1.29 is 18.0 Å². The molecular weight excluding hydrogens is 571 g/mol. The fourth-order valence-corrected chi connectivity index (χ4v) is 5.53. The van der Waals surface area contributed by atoms with Gasteiger partial charge < -0.3 is 20.4 Å². The minimum Gasteiger partial charge on any atom is -0.365 e. The van der Waals surface area contributed by atoms with Gasteiger partial charge in [0.25, 0.3) is 5.56 Å². The van der Waals surface area contributed by atoms with Gasteiger partial charge in [0.05, 0.1) is 10.9 Å². The summed E-state index contributed by atoms with van der Waals surface area (Å²) in [4.78, 5) is 38.9. The van der Waals surface area contributed by atoms with Crippen LogP contribution in [0, 0.1) is 0 Å². The van der Waals surface area contributed by atoms with E-state index in [0.717, 1.165) is 63.3 Å². The number of unbranched alkanes of at least 4 members (excludes halogenated alkanes) is 1. The van der Waals surface area contributed by atoms with Crippen molar-refractivity contribution in [3.05, 3.63) is 69.8 Å². The Morgan fingerprint density at radius 3 is 2.55 bits per heavy atom. The van der Waals surface area contributed by atoms with E-state index in [0.29, 0.717) is 53.9 Å². The Kier molecular flexibility index (Phi) is 11.5. The monoisotopic (exact) mass is 613 g/mol. The molecule has 0 atom stereocenters. The minimum atomic E-state index is -4.43. The number of nitrogens with one attached hydrogen (secondary N) is 2. The Hall–Kier alpha value is -3.77. The number of hydrogen-bond acceptors (Lipinski definition) is 7. The lowest BCUT2D eigenvalue weighted by Gasteiger charge is -2.28. The largest absolute Gasteiger partial charge is 0.416 e. The third-order valence-electron chi connectivity index (χ3n) is 7.95. The first-order chi connectivity index (χ1) is 21.2. The van der Waals surface area contributed by atoms with Crippen molar-refractivity contribution in [3.63, 3.8) is 0 Å². The summed E-state index contributed by atoms with van der Waals surface area (Å²) in [7, 11) is 1.64. The van der Waals surface area contributed by atoms with Crippen LogP contribution >= 0.6 is 0 Å². The van der Waals surface area contributed by atoms with Gasteiger partial charge in [0.1, 0.15) is 17.8 Å². The average molecular weight is 614 g/mol. The first-order valence-electron chi connectivity index (χ1n) is 15.4. The fraction of sp³-hybridized carbons (Fsp3) is 0.500. The molecule has 1 saturated heterocycles. The predicted octanol–water partition coefficient (Wildman–Crippen LogP) is 4.68. The first-order valence-corrected chi connectivity index (χ1v) is 15.4. The van der Waals surface area contributed by atoms with E-state index in [1.54, 1.807) is 19.2 Å². The summed E-state index contributed by atoms with van der Waals surface area (Å²) in [5.41, 5.74) is 1.30. The Morgan fingerprint density at radius 1 is 1.07 bits per heavy atom. The molecule has 0 aliphatic carbocycles. The number of carbonyl (C=O) groups is 1. The van der Waals surface area contributed by atoms with Crippen molar-refractivity contribution in [1.29, 1.82) is 0 Å². The zero-order chi connectivity index (χ0) is 31.7. The second-order valence-corrected chi connectivity index (χ2v) is 10.8. The molecule has 2 aromatic heterocycles. The summed E-state index contributed by atoms with van der Waals surface area (Å²) in [5, 5.41) is 7.05. The molecule has 12 heteroatoms. The second-order valence-electron chi connectivity index (χ2n) is 10.8. The Balaban J connectivity index is 0.00000216. The number of aromatic nitrogens is 3. The van der Waals surface area contributed by atoms with E-state index >= 15 is 0 Å². The number of nitrogens with zero attached hydrogens (tertiary/aromatic N) is 5. The number of alkyl halides is 3. The molecule has 44 heavy (non-hydrogen) atoms. The average Bonchev–Trinajstić information content (AvgIpc) is 3.05. The number of piperazine rings is 1. The van der Waals surface area contributed by atoms with Crippen LogP contribution in [-0.4, -0.2) is 76.1 Å². The van der Waals surface area contributed by atoms with Gasteiger partial charge in [-0.25, -0.2) is 9.97 Å². The molecule has 0 saturated carbocycles. The van der Waals surface area contributed by atoms with Gasteiger partial charge in [-0.1, -0.05) is 32.1 Å². The maximum atomic E-state index is 13.3. The molecule has 1 aromatic carbocycles. The van der Waals surface area contributed by atoms with Crippen LogP contribution in [0.1, 0.15) is 56.2 Å². The third-order valence-corrected chi connectivity index (χ3v) is 7.95. The van der Waals surface area contributed by atoms with Gasteiger partial charge in [0.2, 0.25) is 5.91 Å². The van der Waals surface area contributed by atoms with Gasteiger partial charge in [-0.15, -0.1) is 0 Å². The van der Waals surface area contributed by atoms with Gasteiger partial charge in [-0.3, -0.25) is 14.2 Å². The SMILES string of the molecule is CC.Cn1c(=O)c(C2=CCN(C(=O)CCCCN3CCNCC3)CC2)cc2c(NCc3cccc(C(F)(F)F)c3)ncnc21. The number of amides is 1. The highest BCUT2D eigenvalue weighted by atomic mass is 19.4. The van der Waals surface area contributed by atoms with Crippen molar-refractivity contribution >= 4 is 28.3 Å². The molecule has 2 N–H and O–H groups in total. The van der Waals surface area contributed by atoms with E-state index in [-0.39, 0.29) is 18.0 Å². The lowest BCUT2D eigenvalue weighted by molar-refractivity contribution is -0.137. The zero-order valence-corrected chi connectivity index (χ0v) is 25.7. The summed E-state index contributed by atoms with van der Waals surface area (Å²) in [6.45, 7) is 10.3. The number of hydrogen-bond donors (Lipinski definition) is 2. The first kappa shape index (κ1) is 33.1. The lowest BCUT2D eigenvalue weighted by Crippen LogP contribution is -2.43. The van der Waals surface area contributed by atoms with Gasteiger partial charge in [0.15, 0.2) is 0 Å². The van der Waals surface area contributed by atoms with Crippen molar-refractivity contribution in [2.45, 2.75) is 52.3 Å². The standard InChI is InChI=1S/C30H36F3N7O2.C2H6/c1-38-28-25(27(36-20-37-28)35-19-21-5-4-6-23(17-21)30(31,32)33)18-24(29(38)42)22-8-13-40(14-9-22)26(41)7-2-3-12-39-15-10-34-11-16-39;1-2/h4-6,8,17-18,20,34H,2-3,7,9-16,19H2,1H3,(H,35,36,37);1-2H3. The van der Waals surface area contributed by atoms with Crippen LogP contribution in [0.5, 0.6) is 0 Å². The summed E-state index contributed by atoms with van der Waals surface area (Å²) in [6, 6.07) is 6.86. The minimum absolute atomic E-state index is 0.114. The summed E-state index contributed by atoms with van der Waals surface area (Å²) >= 11 is 0. The fourth-order valence-electron chi connectivity index (χ4n) is 5.53. The molecule has 1 fully saturated rings. The number of pyridine rings is 1. The van der Waals surface area contributed by atoms with Gasteiger partial charge in [0, 0.05) is 64.8 Å². The molecule has 0 spiro atoms. The predicted molar refractivity (Wildman–Crippen MR) is 167 cm³/mol. The highest BCUT2D eigenvalue weighted by Gasteiger charge is 2.30. The molecule has 238 valence electrons. The van der Waals surface area contributed by atoms with E-state index in [4.69, 9.17) is 0 Å². The van der Waals surface area contributed by atoms with E-state index in [9.17, 15) is 22.8 Å². The van der Waals surface area contributed by atoms with Crippen molar-refractivity contribution in [2.75, 3.05) is 51.1 Å². The number of aryl methyl sites for hydroxylation is 1. The maximum absolute atomic E-state index is 13.3. The number of anilines is 1. The van der Waals surface area contributed by atoms with Crippen LogP contribution in [0.15, 0.2) is 47.5 Å². The van der Waals surface area contributed by atoms with Crippen LogP contribution in [0.3, 0.4) is 0 Å². The van der Waals surface area contributed by atoms with Crippen LogP contribution in [0.25, 0.3) is 16.6 Å². The van der Waals surface area contributed by atoms with Crippen molar-refractivity contribution in [1.82, 2.24) is 29.7 Å². The highest BCUT2D eigenvalue weighted by molar-refractivity contribution is 5.89.